The molecule has 0 fully saturated rings. The predicted octanol–water partition coefficient (Wildman–Crippen LogP) is 5.76. The van der Waals surface area contributed by atoms with E-state index in [2.05, 4.69) is 25.1 Å². The van der Waals surface area contributed by atoms with Gasteiger partial charge in [-0.1, -0.05) is 29.3 Å². The highest BCUT2D eigenvalue weighted by molar-refractivity contribution is 6.43. The second kappa shape index (κ2) is 7.41. The van der Waals surface area contributed by atoms with Crippen molar-refractivity contribution in [3.05, 3.63) is 65.0 Å². The average molecular weight is 440 g/mol. The van der Waals surface area contributed by atoms with Crippen LogP contribution in [0.1, 0.15) is 0 Å². The van der Waals surface area contributed by atoms with E-state index in [4.69, 9.17) is 23.2 Å². The largest absolute Gasteiger partial charge is 0.573 e. The van der Waals surface area contributed by atoms with Crippen molar-refractivity contribution < 1.29 is 17.9 Å². The molecule has 0 aliphatic carbocycles. The third kappa shape index (κ3) is 4.06. The van der Waals surface area contributed by atoms with Gasteiger partial charge in [0.1, 0.15) is 17.9 Å². The van der Waals surface area contributed by atoms with E-state index in [9.17, 15) is 13.2 Å². The maximum absolute atomic E-state index is 12.3. The minimum Gasteiger partial charge on any atom is -0.406 e. The molecular weight excluding hydrogens is 430 g/mol. The lowest BCUT2D eigenvalue weighted by Gasteiger charge is -2.10. The molecule has 4 rings (SSSR count). The maximum atomic E-state index is 12.3. The number of hydrogen-bond donors (Lipinski definition) is 1. The highest BCUT2D eigenvalue weighted by atomic mass is 35.5. The molecule has 1 N–H and O–H groups in total. The number of alkyl halides is 3. The first-order chi connectivity index (χ1) is 13.8. The lowest BCUT2D eigenvalue weighted by molar-refractivity contribution is -0.274. The third-order valence-electron chi connectivity index (χ3n) is 3.88. The molecule has 0 aliphatic rings. The Morgan fingerprint density at radius 3 is 2.48 bits per heavy atom. The number of halogens is 5. The first-order valence-electron chi connectivity index (χ1n) is 8.08. The number of nitrogens with zero attached hydrogens (tertiary/aromatic N) is 4. The van der Waals surface area contributed by atoms with E-state index >= 15 is 0 Å². The van der Waals surface area contributed by atoms with Crippen molar-refractivity contribution in [3.8, 4) is 11.4 Å². The van der Waals surface area contributed by atoms with Gasteiger partial charge in [-0.25, -0.2) is 14.6 Å². The van der Waals surface area contributed by atoms with Crippen molar-refractivity contribution in [1.82, 2.24) is 19.7 Å². The molecule has 0 spiro atoms. The van der Waals surface area contributed by atoms with Gasteiger partial charge in [0.25, 0.3) is 0 Å². The fourth-order valence-electron chi connectivity index (χ4n) is 2.65. The zero-order chi connectivity index (χ0) is 20.6. The highest BCUT2D eigenvalue weighted by Gasteiger charge is 2.31. The number of rotatable bonds is 4. The summed E-state index contributed by atoms with van der Waals surface area (Å²) < 4.78 is 42.2. The molecule has 0 unspecified atom stereocenters. The summed E-state index contributed by atoms with van der Waals surface area (Å²) in [6.45, 7) is 0. The van der Waals surface area contributed by atoms with Gasteiger partial charge >= 0.3 is 6.36 Å². The smallest absolute Gasteiger partial charge is 0.406 e. The van der Waals surface area contributed by atoms with E-state index in [1.807, 2.05) is 0 Å². The maximum Gasteiger partial charge on any atom is 0.573 e. The summed E-state index contributed by atoms with van der Waals surface area (Å²) in [6, 6.07) is 10.4. The molecule has 2 heterocycles. The molecule has 0 radical (unpaired) electrons. The number of fused-ring (bicyclic) bond motifs is 1. The van der Waals surface area contributed by atoms with Crippen LogP contribution in [0.15, 0.2) is 55.0 Å². The Kier molecular flexibility index (Phi) is 4.93. The molecule has 0 amide bonds. The van der Waals surface area contributed by atoms with Crippen molar-refractivity contribution in [2.24, 2.45) is 0 Å². The quantitative estimate of drug-likeness (QED) is 0.437. The Labute approximate surface area is 171 Å². The molecule has 0 aliphatic heterocycles. The summed E-state index contributed by atoms with van der Waals surface area (Å²) in [5, 5.41) is 8.62. The van der Waals surface area contributed by atoms with E-state index in [0.717, 1.165) is 0 Å². The first-order valence-corrected chi connectivity index (χ1v) is 8.83. The number of ether oxygens (including phenoxy) is 1. The van der Waals surface area contributed by atoms with E-state index in [1.165, 1.54) is 35.3 Å². The molecular formula is C18H10Cl2F3N5O. The number of aromatic nitrogens is 4. The molecule has 4 aromatic rings. The predicted molar refractivity (Wildman–Crippen MR) is 103 cm³/mol. The molecule has 0 atom stereocenters. The van der Waals surface area contributed by atoms with Crippen molar-refractivity contribution >= 4 is 45.7 Å². The van der Waals surface area contributed by atoms with Gasteiger partial charge in [0.15, 0.2) is 5.65 Å². The monoisotopic (exact) mass is 439 g/mol. The lowest BCUT2D eigenvalue weighted by Crippen LogP contribution is -2.16. The van der Waals surface area contributed by atoms with Crippen LogP contribution in [0, 0.1) is 0 Å². The van der Waals surface area contributed by atoms with Crippen LogP contribution < -0.4 is 10.1 Å². The van der Waals surface area contributed by atoms with Crippen molar-refractivity contribution in [3.63, 3.8) is 0 Å². The molecule has 2 aromatic carbocycles. The van der Waals surface area contributed by atoms with Gasteiger partial charge in [-0.15, -0.1) is 13.2 Å². The Morgan fingerprint density at radius 2 is 1.76 bits per heavy atom. The van der Waals surface area contributed by atoms with Gasteiger partial charge in [0.05, 0.1) is 27.3 Å². The van der Waals surface area contributed by atoms with Gasteiger partial charge in [-0.2, -0.15) is 5.10 Å². The van der Waals surface area contributed by atoms with Crippen LogP contribution in [0.25, 0.3) is 16.7 Å². The number of hydrogen-bond acceptors (Lipinski definition) is 5. The Bertz CT molecular complexity index is 1180. The van der Waals surface area contributed by atoms with Gasteiger partial charge in [-0.3, -0.25) is 0 Å². The van der Waals surface area contributed by atoms with E-state index in [-0.39, 0.29) is 5.75 Å². The number of anilines is 2. The number of nitrogens with one attached hydrogen (secondary N) is 1. The van der Waals surface area contributed by atoms with Gasteiger partial charge in [0, 0.05) is 5.69 Å². The van der Waals surface area contributed by atoms with Gasteiger partial charge in [-0.05, 0) is 36.4 Å². The minimum atomic E-state index is -4.75. The van der Waals surface area contributed by atoms with Crippen molar-refractivity contribution in [2.45, 2.75) is 6.36 Å². The SMILES string of the molecule is FC(F)(F)Oc1ccc(Nc2ncnc3c2cnn3-c2cccc(Cl)c2Cl)cc1. The third-order valence-corrected chi connectivity index (χ3v) is 4.68. The summed E-state index contributed by atoms with van der Waals surface area (Å²) in [4.78, 5) is 8.43. The zero-order valence-corrected chi connectivity index (χ0v) is 15.8. The Hall–Kier alpha value is -3.04. The van der Waals surface area contributed by atoms with Gasteiger partial charge < -0.3 is 10.1 Å². The Balaban J connectivity index is 1.66. The van der Waals surface area contributed by atoms with E-state index in [1.54, 1.807) is 24.4 Å². The normalized spacial score (nSPS) is 11.6. The standard InChI is InChI=1S/C18H10Cl2F3N5O/c19-13-2-1-3-14(15(13)20)28-17-12(8-26-28)16(24-9-25-17)27-10-4-6-11(7-5-10)29-18(21,22)23/h1-9H,(H,24,25,27). The molecule has 6 nitrogen and oxygen atoms in total. The Morgan fingerprint density at radius 1 is 1.00 bits per heavy atom. The summed E-state index contributed by atoms with van der Waals surface area (Å²) in [7, 11) is 0. The van der Waals surface area contributed by atoms with Crippen LogP contribution in [0.4, 0.5) is 24.7 Å². The number of benzene rings is 2. The minimum absolute atomic E-state index is 0.320. The van der Waals surface area contributed by atoms with E-state index < -0.39 is 6.36 Å². The topological polar surface area (TPSA) is 64.9 Å². The van der Waals surface area contributed by atoms with E-state index in [0.29, 0.717) is 38.3 Å². The molecule has 148 valence electrons. The molecule has 2 aromatic heterocycles. The fourth-order valence-corrected chi connectivity index (χ4v) is 3.03. The summed E-state index contributed by atoms with van der Waals surface area (Å²) >= 11 is 12.3. The summed E-state index contributed by atoms with van der Waals surface area (Å²) in [5.74, 6) is 0.100. The molecule has 0 bridgehead atoms. The highest BCUT2D eigenvalue weighted by Crippen LogP contribution is 2.31. The van der Waals surface area contributed by atoms with Crippen molar-refractivity contribution in [2.75, 3.05) is 5.32 Å². The first kappa shape index (κ1) is 19.3. The molecule has 0 saturated heterocycles. The second-order valence-electron chi connectivity index (χ2n) is 5.79. The van der Waals surface area contributed by atoms with Crippen LogP contribution in [0.3, 0.4) is 0 Å². The molecule has 29 heavy (non-hydrogen) atoms. The van der Waals surface area contributed by atoms with Crippen LogP contribution in [-0.2, 0) is 0 Å². The van der Waals surface area contributed by atoms with Crippen LogP contribution in [-0.4, -0.2) is 26.1 Å². The molecule has 11 heteroatoms. The second-order valence-corrected chi connectivity index (χ2v) is 6.57. The van der Waals surface area contributed by atoms with Crippen LogP contribution in [0.5, 0.6) is 5.75 Å². The summed E-state index contributed by atoms with van der Waals surface area (Å²) in [6.07, 6.45) is -1.86. The fraction of sp³-hybridized carbons (Fsp3) is 0.0556. The van der Waals surface area contributed by atoms with Crippen molar-refractivity contribution in [1.29, 1.82) is 0 Å². The van der Waals surface area contributed by atoms with Crippen LogP contribution in [0.2, 0.25) is 10.0 Å². The van der Waals surface area contributed by atoms with Crippen LogP contribution >= 0.6 is 23.2 Å². The molecule has 0 saturated carbocycles. The summed E-state index contributed by atoms with van der Waals surface area (Å²) in [5.41, 5.74) is 1.53. The average Bonchev–Trinajstić information content (AvgIpc) is 3.09. The van der Waals surface area contributed by atoms with Gasteiger partial charge in [0.2, 0.25) is 0 Å². The lowest BCUT2D eigenvalue weighted by atomic mass is 10.3. The zero-order valence-electron chi connectivity index (χ0n) is 14.3.